The molecule has 4 N–H and O–H groups in total. The van der Waals surface area contributed by atoms with E-state index in [1.54, 1.807) is 24.3 Å². The lowest BCUT2D eigenvalue weighted by molar-refractivity contribution is -0.117. The molecule has 0 bridgehead atoms. The van der Waals surface area contributed by atoms with Crippen molar-refractivity contribution in [3.05, 3.63) is 29.8 Å². The fraction of sp³-hybridized carbons (Fsp3) is 0.429. The molecule has 19 heavy (non-hydrogen) atoms. The minimum Gasteiger partial charge on any atom is -0.352 e. The molecule has 0 radical (unpaired) electrons. The van der Waals surface area contributed by atoms with Gasteiger partial charge in [0, 0.05) is 17.8 Å². The second-order valence-electron chi connectivity index (χ2n) is 4.32. The van der Waals surface area contributed by atoms with Crippen LogP contribution in [-0.4, -0.2) is 24.4 Å². The lowest BCUT2D eigenvalue weighted by Crippen LogP contribution is -2.35. The Hall–Kier alpha value is -1.88. The maximum atomic E-state index is 11.8. The van der Waals surface area contributed by atoms with Gasteiger partial charge in [-0.05, 0) is 31.5 Å². The SMILES string of the molecule is CCCC(N)C(=O)Nc1cccc(C(=O)NCC)c1. The third-order valence-corrected chi connectivity index (χ3v) is 2.67. The summed E-state index contributed by atoms with van der Waals surface area (Å²) < 4.78 is 0. The Bertz CT molecular complexity index is 446. The Morgan fingerprint density at radius 1 is 1.32 bits per heavy atom. The number of benzene rings is 1. The van der Waals surface area contributed by atoms with Gasteiger partial charge in [0.1, 0.15) is 0 Å². The normalized spacial score (nSPS) is 11.7. The third kappa shape index (κ3) is 4.71. The summed E-state index contributed by atoms with van der Waals surface area (Å²) in [5, 5.41) is 5.43. The number of hydrogen-bond donors (Lipinski definition) is 3. The maximum absolute atomic E-state index is 11.8. The number of amides is 2. The van der Waals surface area contributed by atoms with Crippen LogP contribution in [-0.2, 0) is 4.79 Å². The van der Waals surface area contributed by atoms with E-state index in [2.05, 4.69) is 10.6 Å². The van der Waals surface area contributed by atoms with Crippen LogP contribution in [0.25, 0.3) is 0 Å². The molecule has 5 nitrogen and oxygen atoms in total. The Kier molecular flexibility index (Phi) is 6.02. The summed E-state index contributed by atoms with van der Waals surface area (Å²) in [6, 6.07) is 6.29. The van der Waals surface area contributed by atoms with Crippen molar-refractivity contribution in [1.29, 1.82) is 0 Å². The van der Waals surface area contributed by atoms with Gasteiger partial charge in [0.25, 0.3) is 5.91 Å². The summed E-state index contributed by atoms with van der Waals surface area (Å²) in [5.74, 6) is -0.383. The highest BCUT2D eigenvalue weighted by Crippen LogP contribution is 2.11. The molecule has 0 aliphatic rings. The predicted molar refractivity (Wildman–Crippen MR) is 76.0 cm³/mol. The predicted octanol–water partition coefficient (Wildman–Crippen LogP) is 1.50. The summed E-state index contributed by atoms with van der Waals surface area (Å²) in [7, 11) is 0. The molecule has 0 saturated carbocycles. The van der Waals surface area contributed by atoms with E-state index in [9.17, 15) is 9.59 Å². The molecule has 0 fully saturated rings. The molecule has 0 aromatic heterocycles. The van der Waals surface area contributed by atoms with Gasteiger partial charge in [-0.1, -0.05) is 19.4 Å². The molecular weight excluding hydrogens is 242 g/mol. The van der Waals surface area contributed by atoms with Crippen molar-refractivity contribution in [3.8, 4) is 0 Å². The van der Waals surface area contributed by atoms with Crippen LogP contribution in [0, 0.1) is 0 Å². The van der Waals surface area contributed by atoms with Crippen molar-refractivity contribution < 1.29 is 9.59 Å². The monoisotopic (exact) mass is 263 g/mol. The number of rotatable bonds is 6. The minimum atomic E-state index is -0.516. The Labute approximate surface area is 113 Å². The van der Waals surface area contributed by atoms with E-state index in [-0.39, 0.29) is 11.8 Å². The van der Waals surface area contributed by atoms with Gasteiger partial charge < -0.3 is 16.4 Å². The van der Waals surface area contributed by atoms with Crippen LogP contribution in [0.1, 0.15) is 37.0 Å². The lowest BCUT2D eigenvalue weighted by Gasteiger charge is -2.12. The van der Waals surface area contributed by atoms with E-state index >= 15 is 0 Å². The smallest absolute Gasteiger partial charge is 0.251 e. The van der Waals surface area contributed by atoms with Crippen LogP contribution in [0.4, 0.5) is 5.69 Å². The second-order valence-corrected chi connectivity index (χ2v) is 4.32. The first-order chi connectivity index (χ1) is 9.08. The molecule has 0 heterocycles. The molecule has 1 aromatic carbocycles. The summed E-state index contributed by atoms with van der Waals surface area (Å²) >= 11 is 0. The number of carbonyl (C=O) groups excluding carboxylic acids is 2. The first-order valence-electron chi connectivity index (χ1n) is 6.53. The Morgan fingerprint density at radius 3 is 2.68 bits per heavy atom. The van der Waals surface area contributed by atoms with Gasteiger partial charge in [-0.3, -0.25) is 9.59 Å². The van der Waals surface area contributed by atoms with Crippen molar-refractivity contribution in [2.45, 2.75) is 32.7 Å². The van der Waals surface area contributed by atoms with Crippen molar-refractivity contribution >= 4 is 17.5 Å². The van der Waals surface area contributed by atoms with E-state index in [0.29, 0.717) is 24.2 Å². The molecule has 1 atom stereocenters. The molecule has 0 spiro atoms. The van der Waals surface area contributed by atoms with Crippen LogP contribution < -0.4 is 16.4 Å². The molecule has 1 aromatic rings. The zero-order valence-electron chi connectivity index (χ0n) is 11.4. The van der Waals surface area contributed by atoms with E-state index in [1.165, 1.54) is 0 Å². The van der Waals surface area contributed by atoms with Gasteiger partial charge in [0.2, 0.25) is 5.91 Å². The number of hydrogen-bond acceptors (Lipinski definition) is 3. The van der Waals surface area contributed by atoms with Crippen LogP contribution >= 0.6 is 0 Å². The number of anilines is 1. The molecular formula is C14H21N3O2. The van der Waals surface area contributed by atoms with Crippen molar-refractivity contribution in [2.75, 3.05) is 11.9 Å². The molecule has 2 amide bonds. The summed E-state index contributed by atoms with van der Waals surface area (Å²) in [5.41, 5.74) is 6.83. The van der Waals surface area contributed by atoms with Crippen LogP contribution in [0.5, 0.6) is 0 Å². The zero-order valence-corrected chi connectivity index (χ0v) is 11.4. The van der Waals surface area contributed by atoms with E-state index in [1.807, 2.05) is 13.8 Å². The number of nitrogens with one attached hydrogen (secondary N) is 2. The summed E-state index contributed by atoms with van der Waals surface area (Å²) in [6.07, 6.45) is 1.50. The van der Waals surface area contributed by atoms with Gasteiger partial charge in [-0.25, -0.2) is 0 Å². The van der Waals surface area contributed by atoms with Crippen LogP contribution in [0.2, 0.25) is 0 Å². The van der Waals surface area contributed by atoms with Crippen LogP contribution in [0.15, 0.2) is 24.3 Å². The largest absolute Gasteiger partial charge is 0.352 e. The third-order valence-electron chi connectivity index (χ3n) is 2.67. The molecule has 0 aliphatic carbocycles. The minimum absolute atomic E-state index is 0.156. The molecule has 1 rings (SSSR count). The molecule has 104 valence electrons. The van der Waals surface area contributed by atoms with Crippen LogP contribution in [0.3, 0.4) is 0 Å². The van der Waals surface area contributed by atoms with Crippen molar-refractivity contribution in [3.63, 3.8) is 0 Å². The average molecular weight is 263 g/mol. The maximum Gasteiger partial charge on any atom is 0.251 e. The first-order valence-corrected chi connectivity index (χ1v) is 6.53. The van der Waals surface area contributed by atoms with Crippen molar-refractivity contribution in [1.82, 2.24) is 5.32 Å². The molecule has 1 unspecified atom stereocenters. The van der Waals surface area contributed by atoms with Crippen molar-refractivity contribution in [2.24, 2.45) is 5.73 Å². The van der Waals surface area contributed by atoms with Gasteiger partial charge in [0.15, 0.2) is 0 Å². The van der Waals surface area contributed by atoms with E-state index < -0.39 is 6.04 Å². The van der Waals surface area contributed by atoms with Gasteiger partial charge in [-0.15, -0.1) is 0 Å². The second kappa shape index (κ2) is 7.53. The quantitative estimate of drug-likeness (QED) is 0.727. The molecule has 0 saturated heterocycles. The Balaban J connectivity index is 2.72. The first kappa shape index (κ1) is 15.2. The van der Waals surface area contributed by atoms with Gasteiger partial charge in [-0.2, -0.15) is 0 Å². The highest BCUT2D eigenvalue weighted by Gasteiger charge is 2.13. The van der Waals surface area contributed by atoms with E-state index in [0.717, 1.165) is 6.42 Å². The topological polar surface area (TPSA) is 84.2 Å². The molecule has 5 heteroatoms. The fourth-order valence-corrected chi connectivity index (χ4v) is 1.68. The summed E-state index contributed by atoms with van der Waals surface area (Å²) in [6.45, 7) is 4.40. The van der Waals surface area contributed by atoms with Gasteiger partial charge in [0.05, 0.1) is 6.04 Å². The fourth-order valence-electron chi connectivity index (χ4n) is 1.68. The number of nitrogens with two attached hydrogens (primary N) is 1. The molecule has 0 aliphatic heterocycles. The van der Waals surface area contributed by atoms with E-state index in [4.69, 9.17) is 5.73 Å². The Morgan fingerprint density at radius 2 is 2.05 bits per heavy atom. The zero-order chi connectivity index (χ0) is 14.3. The number of carbonyl (C=O) groups is 2. The average Bonchev–Trinajstić information content (AvgIpc) is 2.39. The lowest BCUT2D eigenvalue weighted by atomic mass is 10.1. The highest BCUT2D eigenvalue weighted by atomic mass is 16.2. The summed E-state index contributed by atoms with van der Waals surface area (Å²) in [4.78, 5) is 23.4. The standard InChI is InChI=1S/C14H21N3O2/c1-3-6-12(15)14(19)17-11-8-5-7-10(9-11)13(18)16-4-2/h5,7-9,12H,3-4,6,15H2,1-2H3,(H,16,18)(H,17,19). The highest BCUT2D eigenvalue weighted by molar-refractivity contribution is 5.98. The van der Waals surface area contributed by atoms with Gasteiger partial charge >= 0.3 is 0 Å².